The molecule has 0 radical (unpaired) electrons. The third kappa shape index (κ3) is 3.80. The van der Waals surface area contributed by atoms with Gasteiger partial charge in [-0.3, -0.25) is 9.59 Å². The summed E-state index contributed by atoms with van der Waals surface area (Å²) in [5.74, 6) is 1.65. The first-order valence-electron chi connectivity index (χ1n) is 10.5. The van der Waals surface area contributed by atoms with Crippen molar-refractivity contribution in [2.75, 3.05) is 34.3 Å². The summed E-state index contributed by atoms with van der Waals surface area (Å²) in [5.41, 5.74) is -0.172. The molecule has 7 nitrogen and oxygen atoms in total. The van der Waals surface area contributed by atoms with E-state index in [4.69, 9.17) is 9.47 Å². The molecule has 0 aromatic heterocycles. The first-order valence-corrected chi connectivity index (χ1v) is 10.5. The molecule has 0 saturated heterocycles. The summed E-state index contributed by atoms with van der Waals surface area (Å²) in [7, 11) is 5.67. The van der Waals surface area contributed by atoms with Gasteiger partial charge in [0.1, 0.15) is 11.5 Å². The Morgan fingerprint density at radius 3 is 2.90 bits per heavy atom. The second kappa shape index (κ2) is 7.86. The molecule has 158 valence electrons. The van der Waals surface area contributed by atoms with Gasteiger partial charge in [0, 0.05) is 30.9 Å². The molecule has 2 bridgehead atoms. The second-order valence-electron chi connectivity index (χ2n) is 8.84. The Kier molecular flexibility index (Phi) is 5.42. The van der Waals surface area contributed by atoms with Gasteiger partial charge >= 0.3 is 0 Å². The molecule has 4 unspecified atom stereocenters. The van der Waals surface area contributed by atoms with E-state index in [1.165, 1.54) is 0 Å². The average Bonchev–Trinajstić information content (AvgIpc) is 2.70. The summed E-state index contributed by atoms with van der Waals surface area (Å²) in [6, 6.07) is 5.29. The van der Waals surface area contributed by atoms with Crippen molar-refractivity contribution >= 4 is 11.8 Å². The van der Waals surface area contributed by atoms with Crippen molar-refractivity contribution in [1.82, 2.24) is 15.5 Å². The molecule has 1 aromatic carbocycles. The molecule has 3 saturated carbocycles. The number of hydrogen-bond acceptors (Lipinski definition) is 5. The minimum Gasteiger partial charge on any atom is -0.497 e. The summed E-state index contributed by atoms with van der Waals surface area (Å²) < 4.78 is 11.7. The highest BCUT2D eigenvalue weighted by Crippen LogP contribution is 2.52. The number of nitrogens with zero attached hydrogens (tertiary/aromatic N) is 1. The summed E-state index contributed by atoms with van der Waals surface area (Å²) in [6.45, 7) is 1.67. The number of fused-ring (bicyclic) bond motifs is 3. The van der Waals surface area contributed by atoms with Crippen molar-refractivity contribution in [2.45, 2.75) is 37.8 Å². The van der Waals surface area contributed by atoms with Crippen LogP contribution in [0.2, 0.25) is 0 Å². The van der Waals surface area contributed by atoms with Crippen LogP contribution < -0.4 is 20.1 Å². The normalized spacial score (nSPS) is 29.9. The van der Waals surface area contributed by atoms with Crippen LogP contribution in [0.4, 0.5) is 0 Å². The molecule has 1 spiro atoms. The molecule has 4 atom stereocenters. The van der Waals surface area contributed by atoms with Crippen LogP contribution in [0.15, 0.2) is 18.2 Å². The lowest BCUT2D eigenvalue weighted by atomic mass is 9.60. The van der Waals surface area contributed by atoms with Gasteiger partial charge in [-0.15, -0.1) is 0 Å². The third-order valence-electron chi connectivity index (χ3n) is 6.69. The van der Waals surface area contributed by atoms with Crippen LogP contribution in [0, 0.1) is 17.8 Å². The number of amides is 2. The van der Waals surface area contributed by atoms with Crippen LogP contribution in [-0.2, 0) is 4.79 Å². The molecule has 5 rings (SSSR count). The number of nitrogens with one attached hydrogen (secondary N) is 2. The zero-order valence-electron chi connectivity index (χ0n) is 17.5. The standard InChI is InChI=1S/C22H31N3O4/c1-25(2)10-4-9-23-20(26)18-11-15-6-5-14(18)13-22(15)24-21(27)17-8-7-16(28-3)12-19(17)29-22/h7-8,12,14-15,18H,4-6,9-11,13H2,1-3H3,(H,23,26)(H,24,27). The summed E-state index contributed by atoms with van der Waals surface area (Å²) >= 11 is 0. The average molecular weight is 402 g/mol. The molecule has 3 aliphatic carbocycles. The fraction of sp³-hybridized carbons (Fsp3) is 0.636. The number of benzene rings is 1. The minimum absolute atomic E-state index is 0.00550. The van der Waals surface area contributed by atoms with Crippen LogP contribution in [-0.4, -0.2) is 56.7 Å². The lowest BCUT2D eigenvalue weighted by Crippen LogP contribution is -2.66. The Labute approximate surface area is 172 Å². The maximum Gasteiger partial charge on any atom is 0.258 e. The number of ether oxygens (including phenoxy) is 2. The van der Waals surface area contributed by atoms with Gasteiger partial charge < -0.3 is 25.0 Å². The molecule has 7 heteroatoms. The molecule has 1 heterocycles. The molecule has 4 aliphatic rings. The molecule has 1 aromatic rings. The maximum atomic E-state index is 12.8. The fourth-order valence-corrected chi connectivity index (χ4v) is 5.18. The summed E-state index contributed by atoms with van der Waals surface area (Å²) in [5, 5.41) is 6.26. The predicted molar refractivity (Wildman–Crippen MR) is 109 cm³/mol. The topological polar surface area (TPSA) is 79.9 Å². The van der Waals surface area contributed by atoms with Gasteiger partial charge in [0.25, 0.3) is 5.91 Å². The largest absolute Gasteiger partial charge is 0.497 e. The fourth-order valence-electron chi connectivity index (χ4n) is 5.18. The predicted octanol–water partition coefficient (Wildman–Crippen LogP) is 2.02. The van der Waals surface area contributed by atoms with Gasteiger partial charge in [-0.1, -0.05) is 0 Å². The smallest absolute Gasteiger partial charge is 0.258 e. The van der Waals surface area contributed by atoms with Gasteiger partial charge in [-0.25, -0.2) is 0 Å². The Morgan fingerprint density at radius 1 is 1.38 bits per heavy atom. The third-order valence-corrected chi connectivity index (χ3v) is 6.69. The Hall–Kier alpha value is -2.28. The van der Waals surface area contributed by atoms with E-state index >= 15 is 0 Å². The van der Waals surface area contributed by atoms with Gasteiger partial charge in [0.05, 0.1) is 12.7 Å². The zero-order chi connectivity index (χ0) is 20.6. The quantitative estimate of drug-likeness (QED) is 0.713. The van der Waals surface area contributed by atoms with Gasteiger partial charge in [0.15, 0.2) is 5.72 Å². The van der Waals surface area contributed by atoms with E-state index < -0.39 is 5.72 Å². The molecular weight excluding hydrogens is 370 g/mol. The van der Waals surface area contributed by atoms with E-state index in [-0.39, 0.29) is 29.6 Å². The zero-order valence-corrected chi connectivity index (χ0v) is 17.5. The monoisotopic (exact) mass is 401 g/mol. The van der Waals surface area contributed by atoms with E-state index in [1.807, 2.05) is 14.1 Å². The maximum absolute atomic E-state index is 12.8. The summed E-state index contributed by atoms with van der Waals surface area (Å²) in [6.07, 6.45) is 4.35. The lowest BCUT2D eigenvalue weighted by molar-refractivity contribution is -0.146. The van der Waals surface area contributed by atoms with E-state index in [9.17, 15) is 9.59 Å². The lowest BCUT2D eigenvalue weighted by Gasteiger charge is -2.55. The molecule has 1 aliphatic heterocycles. The van der Waals surface area contributed by atoms with Crippen molar-refractivity contribution < 1.29 is 19.1 Å². The number of rotatable bonds is 6. The van der Waals surface area contributed by atoms with E-state index in [1.54, 1.807) is 25.3 Å². The van der Waals surface area contributed by atoms with Gasteiger partial charge in [0.2, 0.25) is 5.91 Å². The minimum atomic E-state index is -0.707. The van der Waals surface area contributed by atoms with E-state index in [2.05, 4.69) is 15.5 Å². The number of carbonyl (C=O) groups is 2. The van der Waals surface area contributed by atoms with Crippen LogP contribution in [0.1, 0.15) is 42.5 Å². The second-order valence-corrected chi connectivity index (χ2v) is 8.84. The van der Waals surface area contributed by atoms with Crippen molar-refractivity contribution in [1.29, 1.82) is 0 Å². The van der Waals surface area contributed by atoms with E-state index in [0.29, 0.717) is 30.0 Å². The Bertz CT molecular complexity index is 796. The number of carbonyl (C=O) groups excluding carboxylic acids is 2. The Morgan fingerprint density at radius 2 is 2.21 bits per heavy atom. The highest BCUT2D eigenvalue weighted by Gasteiger charge is 2.57. The summed E-state index contributed by atoms with van der Waals surface area (Å²) in [4.78, 5) is 27.7. The van der Waals surface area contributed by atoms with E-state index in [0.717, 1.165) is 32.2 Å². The molecular formula is C22H31N3O4. The van der Waals surface area contributed by atoms with Crippen LogP contribution >= 0.6 is 0 Å². The van der Waals surface area contributed by atoms with Crippen molar-refractivity contribution in [3.63, 3.8) is 0 Å². The van der Waals surface area contributed by atoms with Crippen LogP contribution in [0.3, 0.4) is 0 Å². The van der Waals surface area contributed by atoms with Crippen molar-refractivity contribution in [3.05, 3.63) is 23.8 Å². The van der Waals surface area contributed by atoms with Gasteiger partial charge in [-0.2, -0.15) is 0 Å². The molecule has 3 fully saturated rings. The Balaban J connectivity index is 1.45. The van der Waals surface area contributed by atoms with Crippen molar-refractivity contribution in [2.24, 2.45) is 17.8 Å². The van der Waals surface area contributed by atoms with Crippen LogP contribution in [0.25, 0.3) is 0 Å². The molecule has 2 amide bonds. The van der Waals surface area contributed by atoms with Gasteiger partial charge in [-0.05, 0) is 64.4 Å². The first-order chi connectivity index (χ1) is 13.9. The first kappa shape index (κ1) is 20.0. The van der Waals surface area contributed by atoms with Crippen LogP contribution in [0.5, 0.6) is 11.5 Å². The SMILES string of the molecule is COc1ccc2c(c1)OC1(CC3CCC1CC3C(=O)NCCCN(C)C)NC2=O. The molecule has 2 N–H and O–H groups in total. The highest BCUT2D eigenvalue weighted by molar-refractivity contribution is 5.98. The number of hydrogen-bond donors (Lipinski definition) is 2. The highest BCUT2D eigenvalue weighted by atomic mass is 16.5. The molecule has 29 heavy (non-hydrogen) atoms. The number of methoxy groups -OCH3 is 1. The van der Waals surface area contributed by atoms with Crippen molar-refractivity contribution in [3.8, 4) is 11.5 Å².